The summed E-state index contributed by atoms with van der Waals surface area (Å²) < 4.78 is 13.7. The predicted octanol–water partition coefficient (Wildman–Crippen LogP) is 2.48. The Hall–Kier alpha value is -2.30. The van der Waals surface area contributed by atoms with Crippen molar-refractivity contribution in [1.29, 1.82) is 0 Å². The highest BCUT2D eigenvalue weighted by atomic mass is 31.2. The lowest BCUT2D eigenvalue weighted by Gasteiger charge is -2.22. The second kappa shape index (κ2) is 6.43. The second-order valence-corrected chi connectivity index (χ2v) is 7.33. The summed E-state index contributed by atoms with van der Waals surface area (Å²) in [7, 11) is -3.38. The number of rotatable bonds is 4. The molecule has 0 aliphatic carbocycles. The van der Waals surface area contributed by atoms with Gasteiger partial charge in [0.25, 0.3) is 0 Å². The zero-order chi connectivity index (χ0) is 15.3. The minimum absolute atomic E-state index is 0.506. The van der Waals surface area contributed by atoms with Crippen molar-refractivity contribution in [2.75, 3.05) is 0 Å². The highest BCUT2D eigenvalue weighted by Gasteiger charge is 2.40. The molecule has 0 aromatic heterocycles. The Morgan fingerprint density at radius 2 is 1.43 bits per heavy atom. The van der Waals surface area contributed by atoms with E-state index in [1.807, 2.05) is 0 Å². The zero-order valence-electron chi connectivity index (χ0n) is 11.6. The first-order chi connectivity index (χ1) is 10.1. The van der Waals surface area contributed by atoms with E-state index >= 15 is 0 Å². The summed E-state index contributed by atoms with van der Waals surface area (Å²) in [6, 6.07) is 17.4. The van der Waals surface area contributed by atoms with Crippen LogP contribution in [0, 0.1) is 11.8 Å². The molecule has 0 saturated carbocycles. The monoisotopic (exact) mass is 298 g/mol. The number of carboxylic acids is 1. The van der Waals surface area contributed by atoms with Crippen molar-refractivity contribution >= 4 is 23.7 Å². The molecule has 0 radical (unpaired) electrons. The molecular formula is C17H15O3P. The molecule has 1 N–H and O–H groups in total. The van der Waals surface area contributed by atoms with Crippen molar-refractivity contribution in [3.8, 4) is 11.8 Å². The molecule has 2 aromatic carbocycles. The molecule has 0 saturated heterocycles. The smallest absolute Gasteiger partial charge is 0.326 e. The molecule has 106 valence electrons. The topological polar surface area (TPSA) is 54.4 Å². The summed E-state index contributed by atoms with van der Waals surface area (Å²) in [6.45, 7) is 1.55. The molecule has 0 amide bonds. The van der Waals surface area contributed by atoms with Gasteiger partial charge >= 0.3 is 5.97 Å². The van der Waals surface area contributed by atoms with E-state index in [4.69, 9.17) is 0 Å². The van der Waals surface area contributed by atoms with E-state index in [1.165, 1.54) is 0 Å². The Balaban J connectivity index is 2.73. The van der Waals surface area contributed by atoms with Crippen LogP contribution in [-0.4, -0.2) is 16.7 Å². The van der Waals surface area contributed by atoms with Crippen molar-refractivity contribution in [2.24, 2.45) is 0 Å². The minimum atomic E-state index is -3.38. The number of carboxylic acid groups (broad SMARTS) is 1. The van der Waals surface area contributed by atoms with Gasteiger partial charge in [-0.3, -0.25) is 4.79 Å². The lowest BCUT2D eigenvalue weighted by Crippen LogP contribution is -2.30. The van der Waals surface area contributed by atoms with Crippen LogP contribution in [0.4, 0.5) is 0 Å². The van der Waals surface area contributed by atoms with Gasteiger partial charge in [0.05, 0.1) is 0 Å². The largest absolute Gasteiger partial charge is 0.480 e. The first-order valence-electron chi connectivity index (χ1n) is 6.46. The first-order valence-corrected chi connectivity index (χ1v) is 8.24. The van der Waals surface area contributed by atoms with Crippen LogP contribution in [0.25, 0.3) is 0 Å². The summed E-state index contributed by atoms with van der Waals surface area (Å²) in [5.74, 6) is 4.03. The lowest BCUT2D eigenvalue weighted by molar-refractivity contribution is -0.135. The molecule has 0 aliphatic heterocycles. The second-order valence-electron chi connectivity index (χ2n) is 4.46. The molecular weight excluding hydrogens is 283 g/mol. The van der Waals surface area contributed by atoms with Gasteiger partial charge in [-0.25, -0.2) is 0 Å². The molecule has 21 heavy (non-hydrogen) atoms. The molecule has 3 nitrogen and oxygen atoms in total. The molecule has 0 bridgehead atoms. The van der Waals surface area contributed by atoms with Crippen LogP contribution >= 0.6 is 7.14 Å². The van der Waals surface area contributed by atoms with Gasteiger partial charge in [0.1, 0.15) is 0 Å². The Labute approximate surface area is 124 Å². The van der Waals surface area contributed by atoms with Gasteiger partial charge in [0, 0.05) is 10.6 Å². The molecule has 0 spiro atoms. The minimum Gasteiger partial charge on any atom is -0.480 e. The van der Waals surface area contributed by atoms with Crippen molar-refractivity contribution in [2.45, 2.75) is 12.6 Å². The summed E-state index contributed by atoms with van der Waals surface area (Å²) in [6.07, 6.45) is 0. The highest BCUT2D eigenvalue weighted by molar-refractivity contribution is 7.80. The Bertz CT molecular complexity index is 683. The van der Waals surface area contributed by atoms with E-state index < -0.39 is 18.8 Å². The van der Waals surface area contributed by atoms with Gasteiger partial charge in [-0.15, -0.1) is 5.92 Å². The van der Waals surface area contributed by atoms with Gasteiger partial charge in [-0.1, -0.05) is 66.6 Å². The van der Waals surface area contributed by atoms with Crippen molar-refractivity contribution < 1.29 is 14.5 Å². The molecule has 0 heterocycles. The van der Waals surface area contributed by atoms with Crippen LogP contribution < -0.4 is 10.6 Å². The fraction of sp³-hybridized carbons (Fsp3) is 0.118. The van der Waals surface area contributed by atoms with Crippen molar-refractivity contribution in [3.63, 3.8) is 0 Å². The molecule has 0 aliphatic rings. The van der Waals surface area contributed by atoms with Gasteiger partial charge in [-0.2, -0.15) is 0 Å². The van der Waals surface area contributed by atoms with Crippen LogP contribution in [0.2, 0.25) is 0 Å². The average Bonchev–Trinajstić information content (AvgIpc) is 2.53. The van der Waals surface area contributed by atoms with E-state index in [9.17, 15) is 14.5 Å². The van der Waals surface area contributed by atoms with Gasteiger partial charge in [-0.05, 0) is 6.92 Å². The maximum absolute atomic E-state index is 13.7. The average molecular weight is 298 g/mol. The van der Waals surface area contributed by atoms with Crippen LogP contribution in [-0.2, 0) is 9.36 Å². The van der Waals surface area contributed by atoms with Crippen molar-refractivity contribution in [3.05, 3.63) is 60.7 Å². The Morgan fingerprint density at radius 1 is 1.00 bits per heavy atom. The van der Waals surface area contributed by atoms with Crippen molar-refractivity contribution in [1.82, 2.24) is 0 Å². The third kappa shape index (κ3) is 2.91. The standard InChI is InChI=1S/C17H15O3P/c1-2-9-16(17(18)19)21(20,14-10-5-3-6-11-14)15-12-7-4-8-13-15/h3-8,10-13,16H,1H3,(H,18,19). The summed E-state index contributed by atoms with van der Waals surface area (Å²) >= 11 is 0. The molecule has 1 unspecified atom stereocenters. The van der Waals surface area contributed by atoms with Crippen LogP contribution in [0.5, 0.6) is 0 Å². The van der Waals surface area contributed by atoms with E-state index in [1.54, 1.807) is 67.6 Å². The fourth-order valence-electron chi connectivity index (χ4n) is 2.19. The Morgan fingerprint density at radius 3 is 1.76 bits per heavy atom. The summed E-state index contributed by atoms with van der Waals surface area (Å²) in [5.41, 5.74) is -1.24. The third-order valence-corrected chi connectivity index (χ3v) is 6.37. The van der Waals surface area contributed by atoms with E-state index in [0.29, 0.717) is 10.6 Å². The number of benzene rings is 2. The van der Waals surface area contributed by atoms with E-state index in [0.717, 1.165) is 0 Å². The van der Waals surface area contributed by atoms with E-state index in [-0.39, 0.29) is 0 Å². The van der Waals surface area contributed by atoms with Gasteiger partial charge in [0.2, 0.25) is 0 Å². The third-order valence-electron chi connectivity index (χ3n) is 3.16. The SMILES string of the molecule is CC#CC(C(=O)O)P(=O)(c1ccccc1)c1ccccc1. The summed E-state index contributed by atoms with van der Waals surface area (Å²) in [5, 5.41) is 10.5. The predicted molar refractivity (Wildman–Crippen MR) is 84.6 cm³/mol. The van der Waals surface area contributed by atoms with E-state index in [2.05, 4.69) is 11.8 Å². The van der Waals surface area contributed by atoms with Crippen LogP contribution in [0.1, 0.15) is 6.92 Å². The van der Waals surface area contributed by atoms with Gasteiger partial charge < -0.3 is 9.67 Å². The number of carbonyl (C=O) groups is 1. The van der Waals surface area contributed by atoms with Crippen LogP contribution in [0.3, 0.4) is 0 Å². The number of hydrogen-bond acceptors (Lipinski definition) is 2. The first kappa shape index (κ1) is 15.1. The quantitative estimate of drug-likeness (QED) is 0.697. The molecule has 4 heteroatoms. The number of aliphatic carboxylic acids is 1. The maximum atomic E-state index is 13.7. The zero-order valence-corrected chi connectivity index (χ0v) is 12.5. The fourth-order valence-corrected chi connectivity index (χ4v) is 4.94. The molecule has 1 atom stereocenters. The van der Waals surface area contributed by atoms with Gasteiger partial charge in [0.15, 0.2) is 12.8 Å². The molecule has 2 rings (SSSR count). The molecule has 2 aromatic rings. The van der Waals surface area contributed by atoms with Crippen LogP contribution in [0.15, 0.2) is 60.7 Å². The molecule has 0 fully saturated rings. The Kier molecular flexibility index (Phi) is 4.62. The highest BCUT2D eigenvalue weighted by Crippen LogP contribution is 2.48. The maximum Gasteiger partial charge on any atom is 0.326 e. The normalized spacial score (nSPS) is 12.0. The lowest BCUT2D eigenvalue weighted by atomic mass is 10.4. The summed E-state index contributed by atoms with van der Waals surface area (Å²) in [4.78, 5) is 11.6. The number of hydrogen-bond donors (Lipinski definition) is 1.